The van der Waals surface area contributed by atoms with E-state index in [4.69, 9.17) is 15.7 Å². The average Bonchev–Trinajstić information content (AvgIpc) is 3.14. The third kappa shape index (κ3) is 4.24. The summed E-state index contributed by atoms with van der Waals surface area (Å²) in [5.74, 6) is 1.46. The number of nitriles is 1. The van der Waals surface area contributed by atoms with Gasteiger partial charge in [0.25, 0.3) is 0 Å². The molecule has 1 amide bonds. The Bertz CT molecular complexity index is 982. The van der Waals surface area contributed by atoms with E-state index in [0.29, 0.717) is 22.9 Å². The van der Waals surface area contributed by atoms with Crippen molar-refractivity contribution < 1.29 is 4.79 Å². The van der Waals surface area contributed by atoms with Crippen molar-refractivity contribution in [3.05, 3.63) is 35.0 Å². The maximum Gasteiger partial charge on any atom is 0.229 e. The highest BCUT2D eigenvalue weighted by atomic mass is 16.1. The first-order valence-corrected chi connectivity index (χ1v) is 10.0. The molecule has 1 saturated heterocycles. The van der Waals surface area contributed by atoms with E-state index in [1.807, 2.05) is 0 Å². The van der Waals surface area contributed by atoms with E-state index >= 15 is 0 Å². The highest BCUT2D eigenvalue weighted by Gasteiger charge is 2.28. The SMILES string of the molecule is CC(=O)NC1CCN(c2nc(Nc3cc(N)cc(C#N)c3)nc3c2CCCC3)C1. The van der Waals surface area contributed by atoms with Crippen LogP contribution in [-0.4, -0.2) is 35.0 Å². The van der Waals surface area contributed by atoms with Crippen LogP contribution in [0.15, 0.2) is 18.2 Å². The van der Waals surface area contributed by atoms with Crippen LogP contribution >= 0.6 is 0 Å². The van der Waals surface area contributed by atoms with E-state index in [1.165, 1.54) is 5.56 Å². The molecule has 29 heavy (non-hydrogen) atoms. The third-order valence-corrected chi connectivity index (χ3v) is 5.40. The van der Waals surface area contributed by atoms with Crippen molar-refractivity contribution in [3.8, 4) is 6.07 Å². The summed E-state index contributed by atoms with van der Waals surface area (Å²) in [6.07, 6.45) is 5.07. The smallest absolute Gasteiger partial charge is 0.229 e. The first-order chi connectivity index (χ1) is 14.0. The van der Waals surface area contributed by atoms with Crippen molar-refractivity contribution in [2.24, 2.45) is 0 Å². The van der Waals surface area contributed by atoms with Crippen molar-refractivity contribution >= 4 is 29.0 Å². The summed E-state index contributed by atoms with van der Waals surface area (Å²) in [5, 5.41) is 15.4. The molecule has 4 N–H and O–H groups in total. The molecule has 2 heterocycles. The number of benzene rings is 1. The second kappa shape index (κ2) is 7.95. The van der Waals surface area contributed by atoms with E-state index in [-0.39, 0.29) is 11.9 Å². The number of carbonyl (C=O) groups excluding carboxylic acids is 1. The monoisotopic (exact) mass is 391 g/mol. The van der Waals surface area contributed by atoms with E-state index in [1.54, 1.807) is 25.1 Å². The van der Waals surface area contributed by atoms with Gasteiger partial charge in [-0.3, -0.25) is 4.79 Å². The number of aryl methyl sites for hydroxylation is 1. The minimum atomic E-state index is -0.00103. The fourth-order valence-corrected chi connectivity index (χ4v) is 4.17. The Hall–Kier alpha value is -3.34. The number of carbonyl (C=O) groups is 1. The Balaban J connectivity index is 1.65. The van der Waals surface area contributed by atoms with Crippen LogP contribution in [0.5, 0.6) is 0 Å². The van der Waals surface area contributed by atoms with Gasteiger partial charge in [0.05, 0.1) is 17.3 Å². The molecular weight excluding hydrogens is 366 g/mol. The normalized spacial score (nSPS) is 18.1. The number of nitrogens with two attached hydrogens (primary N) is 1. The lowest BCUT2D eigenvalue weighted by molar-refractivity contribution is -0.119. The van der Waals surface area contributed by atoms with Gasteiger partial charge in [0.15, 0.2) is 0 Å². The molecule has 8 heteroatoms. The lowest BCUT2D eigenvalue weighted by Gasteiger charge is -2.25. The fraction of sp³-hybridized carbons (Fsp3) is 0.429. The summed E-state index contributed by atoms with van der Waals surface area (Å²) in [7, 11) is 0. The van der Waals surface area contributed by atoms with Gasteiger partial charge in [-0.2, -0.15) is 10.2 Å². The molecule has 1 aliphatic carbocycles. The van der Waals surface area contributed by atoms with Gasteiger partial charge in [-0.1, -0.05) is 0 Å². The number of hydrogen-bond donors (Lipinski definition) is 3. The van der Waals surface area contributed by atoms with Gasteiger partial charge >= 0.3 is 0 Å². The number of nitrogens with zero attached hydrogens (tertiary/aromatic N) is 4. The molecule has 8 nitrogen and oxygen atoms in total. The minimum Gasteiger partial charge on any atom is -0.399 e. The van der Waals surface area contributed by atoms with Crippen LogP contribution < -0.4 is 21.3 Å². The molecular formula is C21H25N7O. The van der Waals surface area contributed by atoms with Gasteiger partial charge in [-0.25, -0.2) is 4.98 Å². The number of fused-ring (bicyclic) bond motifs is 1. The molecule has 1 aromatic heterocycles. The highest BCUT2D eigenvalue weighted by molar-refractivity contribution is 5.73. The lowest BCUT2D eigenvalue weighted by Crippen LogP contribution is -2.36. The quantitative estimate of drug-likeness (QED) is 0.684. The fourth-order valence-electron chi connectivity index (χ4n) is 4.17. The number of rotatable bonds is 4. The Morgan fingerprint density at radius 3 is 2.90 bits per heavy atom. The Labute approximate surface area is 170 Å². The zero-order chi connectivity index (χ0) is 20.4. The molecule has 0 saturated carbocycles. The van der Waals surface area contributed by atoms with Gasteiger partial charge in [-0.05, 0) is 50.3 Å². The second-order valence-electron chi connectivity index (χ2n) is 7.72. The molecule has 2 aliphatic rings. The molecule has 0 radical (unpaired) electrons. The van der Waals surface area contributed by atoms with E-state index in [2.05, 4.69) is 21.6 Å². The van der Waals surface area contributed by atoms with E-state index in [0.717, 1.165) is 56.7 Å². The molecule has 1 unspecified atom stereocenters. The highest BCUT2D eigenvalue weighted by Crippen LogP contribution is 2.32. The molecule has 1 aliphatic heterocycles. The Kier molecular flexibility index (Phi) is 5.21. The first-order valence-electron chi connectivity index (χ1n) is 10.0. The van der Waals surface area contributed by atoms with Crippen LogP contribution in [-0.2, 0) is 17.6 Å². The Morgan fingerprint density at radius 2 is 2.10 bits per heavy atom. The summed E-state index contributed by atoms with van der Waals surface area (Å²) < 4.78 is 0. The van der Waals surface area contributed by atoms with Crippen LogP contribution in [0.3, 0.4) is 0 Å². The maximum atomic E-state index is 11.4. The summed E-state index contributed by atoms with van der Waals surface area (Å²) in [4.78, 5) is 23.2. The predicted octanol–water partition coefficient (Wildman–Crippen LogP) is 2.27. The third-order valence-electron chi connectivity index (χ3n) is 5.40. The van der Waals surface area contributed by atoms with Gasteiger partial charge in [0.1, 0.15) is 5.82 Å². The largest absolute Gasteiger partial charge is 0.399 e. The van der Waals surface area contributed by atoms with Gasteiger partial charge in [-0.15, -0.1) is 0 Å². The first kappa shape index (κ1) is 19.0. The number of nitrogen functional groups attached to an aromatic ring is 1. The summed E-state index contributed by atoms with van der Waals surface area (Å²) in [6, 6.07) is 7.40. The summed E-state index contributed by atoms with van der Waals surface area (Å²) in [6.45, 7) is 3.16. The van der Waals surface area contributed by atoms with Crippen LogP contribution in [0, 0.1) is 11.3 Å². The molecule has 0 spiro atoms. The lowest BCUT2D eigenvalue weighted by atomic mass is 9.96. The summed E-state index contributed by atoms with van der Waals surface area (Å²) >= 11 is 0. The number of hydrogen-bond acceptors (Lipinski definition) is 7. The zero-order valence-electron chi connectivity index (χ0n) is 16.5. The van der Waals surface area contributed by atoms with Gasteiger partial charge < -0.3 is 21.3 Å². The van der Waals surface area contributed by atoms with Crippen molar-refractivity contribution in [1.29, 1.82) is 5.26 Å². The molecule has 0 bridgehead atoms. The Morgan fingerprint density at radius 1 is 1.28 bits per heavy atom. The summed E-state index contributed by atoms with van der Waals surface area (Å²) in [5.41, 5.74) is 9.91. The van der Waals surface area contributed by atoms with E-state index < -0.39 is 0 Å². The molecule has 2 aromatic rings. The number of amides is 1. The van der Waals surface area contributed by atoms with Crippen molar-refractivity contribution in [2.75, 3.05) is 29.0 Å². The molecule has 4 rings (SSSR count). The minimum absolute atomic E-state index is 0.00103. The number of nitrogens with one attached hydrogen (secondary N) is 2. The van der Waals surface area contributed by atoms with Crippen molar-refractivity contribution in [2.45, 2.75) is 45.1 Å². The molecule has 1 fully saturated rings. The van der Waals surface area contributed by atoms with Crippen molar-refractivity contribution in [1.82, 2.24) is 15.3 Å². The molecule has 1 atom stereocenters. The van der Waals surface area contributed by atoms with Crippen LogP contribution in [0.1, 0.15) is 43.0 Å². The average molecular weight is 391 g/mol. The van der Waals surface area contributed by atoms with Crippen molar-refractivity contribution in [3.63, 3.8) is 0 Å². The topological polar surface area (TPSA) is 120 Å². The maximum absolute atomic E-state index is 11.4. The molecule has 150 valence electrons. The number of aromatic nitrogens is 2. The zero-order valence-corrected chi connectivity index (χ0v) is 16.5. The number of anilines is 4. The van der Waals surface area contributed by atoms with Gasteiger partial charge in [0, 0.05) is 43.0 Å². The second-order valence-corrected chi connectivity index (χ2v) is 7.72. The van der Waals surface area contributed by atoms with Crippen LogP contribution in [0.25, 0.3) is 0 Å². The van der Waals surface area contributed by atoms with Gasteiger partial charge in [0.2, 0.25) is 11.9 Å². The van der Waals surface area contributed by atoms with E-state index in [9.17, 15) is 10.1 Å². The standard InChI is InChI=1S/C21H25N7O/c1-13(29)24-16-6-7-28(12-16)20-18-4-2-3-5-19(18)26-21(27-20)25-17-9-14(11-22)8-15(23)10-17/h8-10,16H,2-7,12,23H2,1H3,(H,24,29)(H,25,26,27). The van der Waals surface area contributed by atoms with Crippen LogP contribution in [0.4, 0.5) is 23.1 Å². The van der Waals surface area contributed by atoms with Crippen LogP contribution in [0.2, 0.25) is 0 Å². The molecule has 1 aromatic carbocycles. The predicted molar refractivity (Wildman–Crippen MR) is 112 cm³/mol.